The molecule has 0 saturated carbocycles. The number of thiophene rings is 1. The summed E-state index contributed by atoms with van der Waals surface area (Å²) in [6.45, 7) is 11.5. The van der Waals surface area contributed by atoms with Crippen molar-refractivity contribution in [3.8, 4) is 0 Å². The topological polar surface area (TPSA) is 43.9 Å². The van der Waals surface area contributed by atoms with Gasteiger partial charge in [0.1, 0.15) is 0 Å². The third-order valence-corrected chi connectivity index (χ3v) is 7.68. The van der Waals surface area contributed by atoms with Crippen molar-refractivity contribution in [2.75, 3.05) is 32.7 Å². The van der Waals surface area contributed by atoms with Gasteiger partial charge in [-0.3, -0.25) is 14.5 Å². The molecule has 0 aliphatic carbocycles. The van der Waals surface area contributed by atoms with E-state index in [1.165, 1.54) is 21.6 Å². The first kappa shape index (κ1) is 23.0. The van der Waals surface area contributed by atoms with E-state index in [1.54, 1.807) is 0 Å². The molecule has 0 radical (unpaired) electrons. The molecular formula is C26H35N3O2S. The lowest BCUT2D eigenvalue weighted by Crippen LogP contribution is -2.57. The van der Waals surface area contributed by atoms with Gasteiger partial charge in [0.15, 0.2) is 0 Å². The maximum atomic E-state index is 13.3. The summed E-state index contributed by atoms with van der Waals surface area (Å²) >= 11 is 1.82. The second kappa shape index (κ2) is 9.75. The summed E-state index contributed by atoms with van der Waals surface area (Å²) in [7, 11) is 0. The number of aryl methyl sites for hydroxylation is 1. The van der Waals surface area contributed by atoms with Gasteiger partial charge >= 0.3 is 0 Å². The molecule has 3 heterocycles. The zero-order valence-corrected chi connectivity index (χ0v) is 20.5. The highest BCUT2D eigenvalue weighted by molar-refractivity contribution is 7.10. The molecule has 2 aliphatic rings. The van der Waals surface area contributed by atoms with E-state index in [-0.39, 0.29) is 23.9 Å². The Labute approximate surface area is 196 Å². The number of hydrogen-bond acceptors (Lipinski definition) is 4. The SMILES string of the molecule is Cc1ccc(C2c3ccsc3CCN2CC(=O)N2CCN(C(=O)CC(C)C)C(C)C2)cc1. The van der Waals surface area contributed by atoms with E-state index >= 15 is 0 Å². The van der Waals surface area contributed by atoms with Crippen molar-refractivity contribution in [2.45, 2.75) is 52.6 Å². The molecule has 0 spiro atoms. The van der Waals surface area contributed by atoms with E-state index in [9.17, 15) is 9.59 Å². The monoisotopic (exact) mass is 453 g/mol. The smallest absolute Gasteiger partial charge is 0.236 e. The van der Waals surface area contributed by atoms with Gasteiger partial charge in [-0.1, -0.05) is 43.7 Å². The standard InChI is InChI=1S/C26H35N3O2S/c1-18(2)15-24(30)29-13-12-27(16-20(29)4)25(31)17-28-11-9-23-22(10-14-32-23)26(28)21-7-5-19(3)6-8-21/h5-8,10,14,18,20,26H,9,11-13,15-17H2,1-4H3. The van der Waals surface area contributed by atoms with Crippen LogP contribution in [-0.2, 0) is 16.0 Å². The van der Waals surface area contributed by atoms with Gasteiger partial charge in [0.2, 0.25) is 11.8 Å². The molecule has 0 N–H and O–H groups in total. The van der Waals surface area contributed by atoms with E-state index in [1.807, 2.05) is 21.1 Å². The summed E-state index contributed by atoms with van der Waals surface area (Å²) in [5.41, 5.74) is 3.84. The molecular weight excluding hydrogens is 418 g/mol. The minimum Gasteiger partial charge on any atom is -0.338 e. The average molecular weight is 454 g/mol. The normalized spacial score (nSPS) is 21.7. The number of nitrogens with zero attached hydrogens (tertiary/aromatic N) is 3. The van der Waals surface area contributed by atoms with Crippen LogP contribution in [-0.4, -0.2) is 65.3 Å². The summed E-state index contributed by atoms with van der Waals surface area (Å²) < 4.78 is 0. The first-order valence-corrected chi connectivity index (χ1v) is 12.7. The van der Waals surface area contributed by atoms with Crippen molar-refractivity contribution in [2.24, 2.45) is 5.92 Å². The molecule has 32 heavy (non-hydrogen) atoms. The minimum atomic E-state index is 0.0664. The molecule has 2 aromatic rings. The third-order valence-electron chi connectivity index (χ3n) is 6.68. The Morgan fingerprint density at radius 3 is 2.50 bits per heavy atom. The van der Waals surface area contributed by atoms with Crippen LogP contribution in [0.5, 0.6) is 0 Å². The lowest BCUT2D eigenvalue weighted by Gasteiger charge is -2.42. The molecule has 1 saturated heterocycles. The molecule has 4 rings (SSSR count). The fraction of sp³-hybridized carbons (Fsp3) is 0.538. The minimum absolute atomic E-state index is 0.0664. The molecule has 2 aliphatic heterocycles. The van der Waals surface area contributed by atoms with Crippen LogP contribution in [0.1, 0.15) is 54.8 Å². The lowest BCUT2D eigenvalue weighted by molar-refractivity contribution is -0.143. The van der Waals surface area contributed by atoms with Crippen LogP contribution in [0.3, 0.4) is 0 Å². The first-order chi connectivity index (χ1) is 15.3. The summed E-state index contributed by atoms with van der Waals surface area (Å²) in [5, 5.41) is 2.17. The number of rotatable bonds is 5. The maximum Gasteiger partial charge on any atom is 0.236 e. The number of carbonyl (C=O) groups excluding carboxylic acids is 2. The van der Waals surface area contributed by atoms with Crippen LogP contribution >= 0.6 is 11.3 Å². The molecule has 2 amide bonds. The summed E-state index contributed by atoms with van der Waals surface area (Å²) in [5.74, 6) is 0.734. The van der Waals surface area contributed by atoms with E-state index < -0.39 is 0 Å². The highest BCUT2D eigenvalue weighted by Crippen LogP contribution is 2.37. The Balaban J connectivity index is 1.45. The Morgan fingerprint density at radius 1 is 1.06 bits per heavy atom. The van der Waals surface area contributed by atoms with Crippen LogP contribution < -0.4 is 0 Å². The highest BCUT2D eigenvalue weighted by Gasteiger charge is 2.34. The van der Waals surface area contributed by atoms with Crippen LogP contribution in [0.4, 0.5) is 0 Å². The molecule has 1 aromatic heterocycles. The van der Waals surface area contributed by atoms with E-state index in [2.05, 4.69) is 68.3 Å². The van der Waals surface area contributed by atoms with Crippen molar-refractivity contribution in [3.05, 3.63) is 57.3 Å². The second-order valence-electron chi connectivity index (χ2n) is 9.71. The Morgan fingerprint density at radius 2 is 1.81 bits per heavy atom. The van der Waals surface area contributed by atoms with Crippen LogP contribution in [0.2, 0.25) is 0 Å². The fourth-order valence-electron chi connectivity index (χ4n) is 4.97. The molecule has 172 valence electrons. The highest BCUT2D eigenvalue weighted by atomic mass is 32.1. The van der Waals surface area contributed by atoms with Gasteiger partial charge < -0.3 is 9.80 Å². The average Bonchev–Trinajstić information content (AvgIpc) is 3.22. The molecule has 6 heteroatoms. The van der Waals surface area contributed by atoms with Crippen molar-refractivity contribution in [3.63, 3.8) is 0 Å². The van der Waals surface area contributed by atoms with Gasteiger partial charge in [-0.2, -0.15) is 0 Å². The number of hydrogen-bond donors (Lipinski definition) is 0. The third kappa shape index (κ3) is 4.91. The van der Waals surface area contributed by atoms with Crippen molar-refractivity contribution >= 4 is 23.2 Å². The van der Waals surface area contributed by atoms with Crippen molar-refractivity contribution in [1.29, 1.82) is 0 Å². The zero-order valence-electron chi connectivity index (χ0n) is 19.7. The van der Waals surface area contributed by atoms with Gasteiger partial charge in [-0.15, -0.1) is 11.3 Å². The quantitative estimate of drug-likeness (QED) is 0.684. The predicted molar refractivity (Wildman–Crippen MR) is 130 cm³/mol. The van der Waals surface area contributed by atoms with Crippen molar-refractivity contribution < 1.29 is 9.59 Å². The molecule has 2 unspecified atom stereocenters. The van der Waals surface area contributed by atoms with E-state index in [0.29, 0.717) is 38.5 Å². The Kier molecular flexibility index (Phi) is 7.01. The summed E-state index contributed by atoms with van der Waals surface area (Å²) in [6, 6.07) is 11.1. The van der Waals surface area contributed by atoms with E-state index in [0.717, 1.165) is 13.0 Å². The van der Waals surface area contributed by atoms with Crippen LogP contribution in [0.15, 0.2) is 35.7 Å². The predicted octanol–water partition coefficient (Wildman–Crippen LogP) is 4.11. The zero-order chi connectivity index (χ0) is 22.8. The molecule has 2 atom stereocenters. The summed E-state index contributed by atoms with van der Waals surface area (Å²) in [6.07, 6.45) is 1.57. The first-order valence-electron chi connectivity index (χ1n) is 11.8. The van der Waals surface area contributed by atoms with Gasteiger partial charge in [-0.25, -0.2) is 0 Å². The van der Waals surface area contributed by atoms with Gasteiger partial charge in [0.25, 0.3) is 0 Å². The molecule has 5 nitrogen and oxygen atoms in total. The van der Waals surface area contributed by atoms with Gasteiger partial charge in [0, 0.05) is 43.5 Å². The van der Waals surface area contributed by atoms with Crippen LogP contribution in [0.25, 0.3) is 0 Å². The van der Waals surface area contributed by atoms with Gasteiger partial charge in [0.05, 0.1) is 12.6 Å². The molecule has 0 bridgehead atoms. The Hall–Kier alpha value is -2.18. The maximum absolute atomic E-state index is 13.3. The van der Waals surface area contributed by atoms with Crippen molar-refractivity contribution in [1.82, 2.24) is 14.7 Å². The Bertz CT molecular complexity index is 952. The summed E-state index contributed by atoms with van der Waals surface area (Å²) in [4.78, 5) is 33.6. The lowest BCUT2D eigenvalue weighted by atomic mass is 9.92. The number of carbonyl (C=O) groups is 2. The molecule has 1 aromatic carbocycles. The second-order valence-corrected chi connectivity index (χ2v) is 10.7. The van der Waals surface area contributed by atoms with E-state index in [4.69, 9.17) is 0 Å². The number of amides is 2. The van der Waals surface area contributed by atoms with Gasteiger partial charge in [-0.05, 0) is 48.8 Å². The van der Waals surface area contributed by atoms with Crippen LogP contribution in [0, 0.1) is 12.8 Å². The number of fused-ring (bicyclic) bond motifs is 1. The molecule has 1 fully saturated rings. The number of piperazine rings is 1. The largest absolute Gasteiger partial charge is 0.338 e. The fourth-order valence-corrected chi connectivity index (χ4v) is 5.88. The number of benzene rings is 1.